The summed E-state index contributed by atoms with van der Waals surface area (Å²) < 4.78 is 4.41. The van der Waals surface area contributed by atoms with Crippen molar-refractivity contribution in [3.8, 4) is 0 Å². The zero-order valence-corrected chi connectivity index (χ0v) is 10.3. The molecule has 17 heavy (non-hydrogen) atoms. The molecule has 1 N–H and O–H groups in total. The first-order valence-electron chi connectivity index (χ1n) is 5.20. The molecular formula is C12H14ClNO3. The molecule has 0 aliphatic rings. The van der Waals surface area contributed by atoms with Crippen molar-refractivity contribution in [1.82, 2.24) is 5.32 Å². The van der Waals surface area contributed by atoms with Crippen LogP contribution in [0.3, 0.4) is 0 Å². The van der Waals surface area contributed by atoms with Crippen LogP contribution in [0.1, 0.15) is 12.0 Å². The lowest BCUT2D eigenvalue weighted by Crippen LogP contribution is -2.30. The van der Waals surface area contributed by atoms with Gasteiger partial charge in [0.15, 0.2) is 0 Å². The van der Waals surface area contributed by atoms with Crippen LogP contribution >= 0.6 is 11.6 Å². The predicted molar refractivity (Wildman–Crippen MR) is 64.8 cm³/mol. The molecule has 0 aliphatic heterocycles. The zero-order valence-electron chi connectivity index (χ0n) is 9.53. The number of hydrogen-bond acceptors (Lipinski definition) is 3. The number of carbonyl (C=O) groups excluding carboxylic acids is 2. The topological polar surface area (TPSA) is 55.4 Å². The van der Waals surface area contributed by atoms with Crippen LogP contribution in [0, 0.1) is 0 Å². The van der Waals surface area contributed by atoms with Gasteiger partial charge in [-0.05, 0) is 18.1 Å². The van der Waals surface area contributed by atoms with E-state index in [1.54, 1.807) is 6.07 Å². The maximum atomic E-state index is 11.4. The normalized spacial score (nSPS) is 9.76. The van der Waals surface area contributed by atoms with Gasteiger partial charge in [0, 0.05) is 11.4 Å². The van der Waals surface area contributed by atoms with Crippen molar-refractivity contribution in [3.05, 3.63) is 34.9 Å². The Kier molecular flexibility index (Phi) is 5.49. The van der Waals surface area contributed by atoms with Gasteiger partial charge in [-0.2, -0.15) is 0 Å². The molecule has 4 nitrogen and oxygen atoms in total. The van der Waals surface area contributed by atoms with Gasteiger partial charge in [-0.1, -0.05) is 29.8 Å². The van der Waals surface area contributed by atoms with Crippen LogP contribution < -0.4 is 5.32 Å². The largest absolute Gasteiger partial charge is 0.468 e. The van der Waals surface area contributed by atoms with Crippen molar-refractivity contribution in [1.29, 1.82) is 0 Å². The molecule has 0 fully saturated rings. The summed E-state index contributed by atoms with van der Waals surface area (Å²) in [5.74, 6) is -0.661. The SMILES string of the molecule is COC(=O)CNC(=O)CCc1ccccc1Cl. The Morgan fingerprint density at radius 2 is 2.06 bits per heavy atom. The van der Waals surface area contributed by atoms with Crippen molar-refractivity contribution in [2.45, 2.75) is 12.8 Å². The maximum absolute atomic E-state index is 11.4. The van der Waals surface area contributed by atoms with Crippen LogP contribution in [0.2, 0.25) is 5.02 Å². The number of aryl methyl sites for hydroxylation is 1. The summed E-state index contributed by atoms with van der Waals surface area (Å²) in [5.41, 5.74) is 0.919. The molecule has 0 saturated carbocycles. The second-order valence-electron chi connectivity index (χ2n) is 3.44. The average molecular weight is 256 g/mol. The van der Waals surface area contributed by atoms with E-state index in [4.69, 9.17) is 11.6 Å². The lowest BCUT2D eigenvalue weighted by Gasteiger charge is -2.05. The number of amides is 1. The second-order valence-corrected chi connectivity index (χ2v) is 3.85. The molecule has 0 bridgehead atoms. The Balaban J connectivity index is 2.34. The van der Waals surface area contributed by atoms with E-state index in [1.807, 2.05) is 18.2 Å². The number of methoxy groups -OCH3 is 1. The average Bonchev–Trinajstić information content (AvgIpc) is 2.35. The smallest absolute Gasteiger partial charge is 0.325 e. The second kappa shape index (κ2) is 6.91. The number of benzene rings is 1. The van der Waals surface area contributed by atoms with Crippen molar-refractivity contribution in [2.75, 3.05) is 13.7 Å². The van der Waals surface area contributed by atoms with Gasteiger partial charge in [-0.25, -0.2) is 0 Å². The van der Waals surface area contributed by atoms with Gasteiger partial charge in [0.05, 0.1) is 7.11 Å². The summed E-state index contributed by atoms with van der Waals surface area (Å²) in [5, 5.41) is 3.11. The van der Waals surface area contributed by atoms with E-state index >= 15 is 0 Å². The summed E-state index contributed by atoms with van der Waals surface area (Å²) in [6.07, 6.45) is 0.841. The number of rotatable bonds is 5. The molecule has 1 rings (SSSR count). The molecular weight excluding hydrogens is 242 g/mol. The van der Waals surface area contributed by atoms with Gasteiger partial charge in [-0.3, -0.25) is 9.59 Å². The first-order chi connectivity index (χ1) is 8.13. The third-order valence-electron chi connectivity index (χ3n) is 2.24. The molecule has 5 heteroatoms. The molecule has 0 saturated heterocycles. The molecule has 0 radical (unpaired) electrons. The Bertz CT molecular complexity index is 406. The van der Waals surface area contributed by atoms with Crippen LogP contribution in [0.15, 0.2) is 24.3 Å². The number of ether oxygens (including phenoxy) is 1. The summed E-state index contributed by atoms with van der Waals surface area (Å²) in [6.45, 7) is -0.0994. The van der Waals surface area contributed by atoms with Gasteiger partial charge in [0.25, 0.3) is 0 Å². The minimum Gasteiger partial charge on any atom is -0.468 e. The Hall–Kier alpha value is -1.55. The van der Waals surface area contributed by atoms with Crippen LogP contribution in [-0.4, -0.2) is 25.5 Å². The van der Waals surface area contributed by atoms with Crippen molar-refractivity contribution in [3.63, 3.8) is 0 Å². The lowest BCUT2D eigenvalue weighted by molar-refractivity contribution is -0.141. The highest BCUT2D eigenvalue weighted by Gasteiger charge is 2.06. The zero-order chi connectivity index (χ0) is 12.7. The van der Waals surface area contributed by atoms with Crippen molar-refractivity contribution >= 4 is 23.5 Å². The minimum absolute atomic E-state index is 0.0994. The van der Waals surface area contributed by atoms with Crippen molar-refractivity contribution < 1.29 is 14.3 Å². The van der Waals surface area contributed by atoms with E-state index in [0.717, 1.165) is 5.56 Å². The molecule has 0 aliphatic carbocycles. The first kappa shape index (κ1) is 13.5. The fourth-order valence-electron chi connectivity index (χ4n) is 1.28. The van der Waals surface area contributed by atoms with E-state index in [1.165, 1.54) is 7.11 Å². The molecule has 1 amide bonds. The van der Waals surface area contributed by atoms with Gasteiger partial charge in [0.1, 0.15) is 6.54 Å². The Labute approximate surface area is 105 Å². The van der Waals surface area contributed by atoms with Gasteiger partial charge >= 0.3 is 5.97 Å². The first-order valence-corrected chi connectivity index (χ1v) is 5.58. The molecule has 0 unspecified atom stereocenters. The van der Waals surface area contributed by atoms with Gasteiger partial charge in [-0.15, -0.1) is 0 Å². The van der Waals surface area contributed by atoms with Crippen LogP contribution in [-0.2, 0) is 20.7 Å². The quantitative estimate of drug-likeness (QED) is 0.813. The molecule has 92 valence electrons. The number of hydrogen-bond donors (Lipinski definition) is 1. The molecule has 1 aromatic carbocycles. The fourth-order valence-corrected chi connectivity index (χ4v) is 1.51. The van der Waals surface area contributed by atoms with E-state index in [-0.39, 0.29) is 12.5 Å². The third kappa shape index (κ3) is 4.87. The highest BCUT2D eigenvalue weighted by Crippen LogP contribution is 2.16. The minimum atomic E-state index is -0.462. The summed E-state index contributed by atoms with van der Waals surface area (Å²) in [4.78, 5) is 22.2. The number of halogens is 1. The van der Waals surface area contributed by atoms with Gasteiger partial charge < -0.3 is 10.1 Å². The predicted octanol–water partition coefficient (Wildman–Crippen LogP) is 1.56. The van der Waals surface area contributed by atoms with E-state index in [9.17, 15) is 9.59 Å². The molecule has 0 atom stereocenters. The molecule has 0 aromatic heterocycles. The van der Waals surface area contributed by atoms with Gasteiger partial charge in [0.2, 0.25) is 5.91 Å². The van der Waals surface area contributed by atoms with Crippen molar-refractivity contribution in [2.24, 2.45) is 0 Å². The summed E-state index contributed by atoms with van der Waals surface area (Å²) in [6, 6.07) is 7.36. The van der Waals surface area contributed by atoms with Crippen LogP contribution in [0.4, 0.5) is 0 Å². The Morgan fingerprint density at radius 1 is 1.35 bits per heavy atom. The monoisotopic (exact) mass is 255 g/mol. The molecule has 0 heterocycles. The van der Waals surface area contributed by atoms with E-state index < -0.39 is 5.97 Å². The number of esters is 1. The highest BCUT2D eigenvalue weighted by molar-refractivity contribution is 6.31. The third-order valence-corrected chi connectivity index (χ3v) is 2.61. The highest BCUT2D eigenvalue weighted by atomic mass is 35.5. The lowest BCUT2D eigenvalue weighted by atomic mass is 10.1. The molecule has 1 aromatic rings. The van der Waals surface area contributed by atoms with Crippen LogP contribution in [0.5, 0.6) is 0 Å². The fraction of sp³-hybridized carbons (Fsp3) is 0.333. The number of nitrogens with one attached hydrogen (secondary N) is 1. The Morgan fingerprint density at radius 3 is 2.71 bits per heavy atom. The molecule has 0 spiro atoms. The van der Waals surface area contributed by atoms with Crippen LogP contribution in [0.25, 0.3) is 0 Å². The number of carbonyl (C=O) groups is 2. The standard InChI is InChI=1S/C12H14ClNO3/c1-17-12(16)8-14-11(15)7-6-9-4-2-3-5-10(9)13/h2-5H,6-8H2,1H3,(H,14,15). The van der Waals surface area contributed by atoms with E-state index in [2.05, 4.69) is 10.1 Å². The summed E-state index contributed by atoms with van der Waals surface area (Å²) in [7, 11) is 1.28. The summed E-state index contributed by atoms with van der Waals surface area (Å²) >= 11 is 5.95. The van der Waals surface area contributed by atoms with E-state index in [0.29, 0.717) is 17.9 Å². The maximum Gasteiger partial charge on any atom is 0.325 e.